The summed E-state index contributed by atoms with van der Waals surface area (Å²) in [5.74, 6) is 1.39. The summed E-state index contributed by atoms with van der Waals surface area (Å²) >= 11 is 0. The number of aromatic nitrogens is 2. The van der Waals surface area contributed by atoms with Crippen LogP contribution in [-0.4, -0.2) is 47.3 Å². The maximum absolute atomic E-state index is 11.9. The van der Waals surface area contributed by atoms with Gasteiger partial charge in [-0.05, 0) is 38.8 Å². The van der Waals surface area contributed by atoms with Crippen LogP contribution in [0.15, 0.2) is 4.42 Å². The lowest BCUT2D eigenvalue weighted by atomic mass is 10.1. The SMILES string of the molecule is CCCCCCCCCOC(=O)CCCCCCCN(CCCCCCCC)CCc1nnc(C)o1. The van der Waals surface area contributed by atoms with Crippen molar-refractivity contribution in [2.75, 3.05) is 26.2 Å². The molecule has 1 rings (SSSR count). The number of hydrogen-bond donors (Lipinski definition) is 0. The standard InChI is InChI=1S/C30H57N3O3/c1-4-6-8-10-12-17-21-27-35-30(34)22-18-14-13-16-20-25-33(24-19-15-11-9-7-5-2)26-23-29-32-31-28(3)36-29/h4-27H2,1-3H3. The number of ether oxygens (including phenoxy) is 1. The summed E-state index contributed by atoms with van der Waals surface area (Å²) in [6.45, 7) is 10.2. The van der Waals surface area contributed by atoms with E-state index in [1.807, 2.05) is 6.92 Å². The molecule has 0 aliphatic heterocycles. The second kappa shape index (κ2) is 23.9. The van der Waals surface area contributed by atoms with Crippen LogP contribution < -0.4 is 0 Å². The molecule has 0 saturated heterocycles. The molecular formula is C30H57N3O3. The normalized spacial score (nSPS) is 11.4. The maximum atomic E-state index is 11.9. The van der Waals surface area contributed by atoms with Crippen LogP contribution in [0.1, 0.15) is 148 Å². The first kappa shape index (κ1) is 32.6. The average molecular weight is 508 g/mol. The van der Waals surface area contributed by atoms with Gasteiger partial charge in [0.05, 0.1) is 6.61 Å². The Morgan fingerprint density at radius 2 is 1.22 bits per heavy atom. The molecule has 0 aliphatic rings. The molecule has 36 heavy (non-hydrogen) atoms. The van der Waals surface area contributed by atoms with E-state index in [0.29, 0.717) is 18.9 Å². The number of aryl methyl sites for hydroxylation is 1. The molecule has 0 spiro atoms. The number of rotatable bonds is 26. The largest absolute Gasteiger partial charge is 0.466 e. The Kier molecular flexibility index (Phi) is 21.7. The third-order valence-electron chi connectivity index (χ3n) is 6.90. The van der Waals surface area contributed by atoms with Crippen molar-refractivity contribution < 1.29 is 13.9 Å². The highest BCUT2D eigenvalue weighted by molar-refractivity contribution is 5.69. The van der Waals surface area contributed by atoms with Gasteiger partial charge in [0.15, 0.2) is 0 Å². The van der Waals surface area contributed by atoms with Gasteiger partial charge in [-0.3, -0.25) is 4.79 Å². The fraction of sp³-hybridized carbons (Fsp3) is 0.900. The molecule has 0 saturated carbocycles. The summed E-state index contributed by atoms with van der Waals surface area (Å²) in [5, 5.41) is 8.11. The van der Waals surface area contributed by atoms with E-state index < -0.39 is 0 Å². The predicted octanol–water partition coefficient (Wildman–Crippen LogP) is 8.22. The molecule has 6 heteroatoms. The number of carbonyl (C=O) groups excluding carboxylic acids is 1. The third-order valence-corrected chi connectivity index (χ3v) is 6.90. The van der Waals surface area contributed by atoms with Gasteiger partial charge in [-0.15, -0.1) is 10.2 Å². The highest BCUT2D eigenvalue weighted by Gasteiger charge is 2.09. The average Bonchev–Trinajstić information content (AvgIpc) is 3.30. The lowest BCUT2D eigenvalue weighted by Gasteiger charge is -2.21. The second-order valence-electron chi connectivity index (χ2n) is 10.4. The van der Waals surface area contributed by atoms with E-state index in [-0.39, 0.29) is 5.97 Å². The topological polar surface area (TPSA) is 68.5 Å². The summed E-state index contributed by atoms with van der Waals surface area (Å²) in [7, 11) is 0. The Labute approximate surface area is 222 Å². The first-order valence-electron chi connectivity index (χ1n) is 15.3. The molecule has 1 aromatic heterocycles. The van der Waals surface area contributed by atoms with Crippen LogP contribution in [0.3, 0.4) is 0 Å². The van der Waals surface area contributed by atoms with Crippen LogP contribution >= 0.6 is 0 Å². The number of esters is 1. The highest BCUT2D eigenvalue weighted by atomic mass is 16.5. The van der Waals surface area contributed by atoms with Gasteiger partial charge in [0.2, 0.25) is 11.8 Å². The summed E-state index contributed by atoms with van der Waals surface area (Å²) in [6.07, 6.45) is 23.8. The van der Waals surface area contributed by atoms with Crippen LogP contribution in [-0.2, 0) is 16.0 Å². The van der Waals surface area contributed by atoms with E-state index in [1.165, 1.54) is 96.3 Å². The lowest BCUT2D eigenvalue weighted by molar-refractivity contribution is -0.143. The smallest absolute Gasteiger partial charge is 0.305 e. The van der Waals surface area contributed by atoms with Crippen molar-refractivity contribution in [2.24, 2.45) is 0 Å². The van der Waals surface area contributed by atoms with Crippen molar-refractivity contribution in [3.8, 4) is 0 Å². The van der Waals surface area contributed by atoms with Gasteiger partial charge < -0.3 is 14.1 Å². The number of unbranched alkanes of at least 4 members (excludes halogenated alkanes) is 15. The van der Waals surface area contributed by atoms with Crippen molar-refractivity contribution >= 4 is 5.97 Å². The quantitative estimate of drug-likeness (QED) is 0.0929. The van der Waals surface area contributed by atoms with Crippen LogP contribution in [0.2, 0.25) is 0 Å². The third kappa shape index (κ3) is 19.7. The van der Waals surface area contributed by atoms with Gasteiger partial charge in [-0.2, -0.15) is 0 Å². The van der Waals surface area contributed by atoms with E-state index in [4.69, 9.17) is 9.15 Å². The number of hydrogen-bond acceptors (Lipinski definition) is 6. The van der Waals surface area contributed by atoms with Gasteiger partial charge in [-0.1, -0.05) is 104 Å². The van der Waals surface area contributed by atoms with Crippen molar-refractivity contribution in [1.29, 1.82) is 0 Å². The van der Waals surface area contributed by atoms with Gasteiger partial charge in [0.25, 0.3) is 0 Å². The van der Waals surface area contributed by atoms with Gasteiger partial charge >= 0.3 is 5.97 Å². The molecule has 6 nitrogen and oxygen atoms in total. The maximum Gasteiger partial charge on any atom is 0.305 e. The highest BCUT2D eigenvalue weighted by Crippen LogP contribution is 2.11. The lowest BCUT2D eigenvalue weighted by Crippen LogP contribution is -2.28. The van der Waals surface area contributed by atoms with E-state index >= 15 is 0 Å². The molecule has 0 aromatic carbocycles. The molecule has 0 N–H and O–H groups in total. The van der Waals surface area contributed by atoms with Crippen LogP contribution in [0.25, 0.3) is 0 Å². The fourth-order valence-electron chi connectivity index (χ4n) is 4.60. The van der Waals surface area contributed by atoms with Crippen molar-refractivity contribution in [2.45, 2.75) is 149 Å². The molecule has 0 bridgehead atoms. The second-order valence-corrected chi connectivity index (χ2v) is 10.4. The van der Waals surface area contributed by atoms with Crippen LogP contribution in [0.5, 0.6) is 0 Å². The molecule has 0 aliphatic carbocycles. The zero-order valence-electron chi connectivity index (χ0n) is 24.0. The molecule has 0 amide bonds. The molecule has 0 atom stereocenters. The Bertz CT molecular complexity index is 620. The Balaban J connectivity index is 2.07. The Morgan fingerprint density at radius 1 is 0.694 bits per heavy atom. The van der Waals surface area contributed by atoms with Gasteiger partial charge in [0.1, 0.15) is 0 Å². The molecule has 0 radical (unpaired) electrons. The minimum Gasteiger partial charge on any atom is -0.466 e. The summed E-state index contributed by atoms with van der Waals surface area (Å²) in [5.41, 5.74) is 0. The fourth-order valence-corrected chi connectivity index (χ4v) is 4.60. The molecule has 1 heterocycles. The van der Waals surface area contributed by atoms with Crippen molar-refractivity contribution in [3.63, 3.8) is 0 Å². The molecule has 210 valence electrons. The van der Waals surface area contributed by atoms with Crippen LogP contribution in [0, 0.1) is 6.92 Å². The van der Waals surface area contributed by atoms with E-state index in [2.05, 4.69) is 28.9 Å². The first-order valence-corrected chi connectivity index (χ1v) is 15.3. The minimum absolute atomic E-state index is 0.0117. The Hall–Kier alpha value is -1.43. The summed E-state index contributed by atoms with van der Waals surface area (Å²) in [6, 6.07) is 0. The van der Waals surface area contributed by atoms with Crippen molar-refractivity contribution in [1.82, 2.24) is 15.1 Å². The summed E-state index contributed by atoms with van der Waals surface area (Å²) in [4.78, 5) is 14.5. The monoisotopic (exact) mass is 507 g/mol. The van der Waals surface area contributed by atoms with Gasteiger partial charge in [0, 0.05) is 26.3 Å². The van der Waals surface area contributed by atoms with E-state index in [9.17, 15) is 4.79 Å². The number of carbonyl (C=O) groups is 1. The first-order chi connectivity index (χ1) is 17.7. The molecule has 0 unspecified atom stereocenters. The minimum atomic E-state index is -0.0117. The van der Waals surface area contributed by atoms with Gasteiger partial charge in [-0.25, -0.2) is 0 Å². The Morgan fingerprint density at radius 3 is 1.78 bits per heavy atom. The predicted molar refractivity (Wildman–Crippen MR) is 149 cm³/mol. The van der Waals surface area contributed by atoms with Crippen LogP contribution in [0.4, 0.5) is 0 Å². The number of nitrogens with zero attached hydrogens (tertiary/aromatic N) is 3. The zero-order valence-corrected chi connectivity index (χ0v) is 24.0. The molecular weight excluding hydrogens is 450 g/mol. The summed E-state index contributed by atoms with van der Waals surface area (Å²) < 4.78 is 11.0. The molecule has 1 aromatic rings. The molecule has 0 fully saturated rings. The zero-order chi connectivity index (χ0) is 26.1. The van der Waals surface area contributed by atoms with E-state index in [1.54, 1.807) is 0 Å². The van der Waals surface area contributed by atoms with E-state index in [0.717, 1.165) is 51.2 Å². The van der Waals surface area contributed by atoms with Crippen molar-refractivity contribution in [3.05, 3.63) is 11.8 Å².